The van der Waals surface area contributed by atoms with Crippen molar-refractivity contribution in [2.75, 3.05) is 13.1 Å². The van der Waals surface area contributed by atoms with Crippen LogP contribution in [0.3, 0.4) is 0 Å². The van der Waals surface area contributed by atoms with E-state index in [2.05, 4.69) is 10.0 Å². The van der Waals surface area contributed by atoms with Gasteiger partial charge < -0.3 is 10.2 Å². The molecule has 0 aliphatic carbocycles. The fraction of sp³-hybridized carbons (Fsp3) is 0.381. The van der Waals surface area contributed by atoms with Crippen LogP contribution in [0, 0.1) is 0 Å². The summed E-state index contributed by atoms with van der Waals surface area (Å²) in [6.07, 6.45) is 1.60. The van der Waals surface area contributed by atoms with Gasteiger partial charge in [0.25, 0.3) is 0 Å². The molecule has 1 unspecified atom stereocenters. The second-order valence-electron chi connectivity index (χ2n) is 7.09. The molecule has 0 aromatic heterocycles. The number of fused-ring (bicyclic) bond motifs is 1. The van der Waals surface area contributed by atoms with Crippen LogP contribution in [0.5, 0.6) is 0 Å². The average molecular weight is 402 g/mol. The van der Waals surface area contributed by atoms with E-state index in [0.29, 0.717) is 19.6 Å². The summed E-state index contributed by atoms with van der Waals surface area (Å²) in [5, 5.41) is 2.88. The van der Waals surface area contributed by atoms with Crippen molar-refractivity contribution < 1.29 is 13.2 Å². The average Bonchev–Trinajstić information content (AvgIpc) is 2.71. The van der Waals surface area contributed by atoms with Crippen LogP contribution in [0.25, 0.3) is 0 Å². The molecular weight excluding hydrogens is 374 g/mol. The molecule has 1 aliphatic heterocycles. The predicted molar refractivity (Wildman–Crippen MR) is 109 cm³/mol. The first-order valence-corrected chi connectivity index (χ1v) is 11.1. The largest absolute Gasteiger partial charge is 0.338 e. The van der Waals surface area contributed by atoms with Gasteiger partial charge in [-0.25, -0.2) is 17.9 Å². The fourth-order valence-electron chi connectivity index (χ4n) is 3.33. The van der Waals surface area contributed by atoms with Gasteiger partial charge in [0, 0.05) is 25.7 Å². The lowest BCUT2D eigenvalue weighted by Crippen LogP contribution is -2.43. The maximum atomic E-state index is 12.9. The van der Waals surface area contributed by atoms with E-state index < -0.39 is 10.0 Å². The third-order valence-corrected chi connectivity index (χ3v) is 6.48. The molecule has 1 atom stereocenters. The van der Waals surface area contributed by atoms with Crippen molar-refractivity contribution in [3.8, 4) is 0 Å². The number of carbonyl (C=O) groups is 1. The molecule has 2 aromatic carbocycles. The lowest BCUT2D eigenvalue weighted by atomic mass is 10.0. The minimum atomic E-state index is -3.66. The first-order valence-electron chi connectivity index (χ1n) is 9.62. The number of rotatable bonds is 6. The first-order chi connectivity index (χ1) is 13.4. The van der Waals surface area contributed by atoms with Gasteiger partial charge in [-0.15, -0.1) is 0 Å². The Morgan fingerprint density at radius 1 is 1.14 bits per heavy atom. The number of hydrogen-bond acceptors (Lipinski definition) is 3. The maximum absolute atomic E-state index is 12.9. The monoisotopic (exact) mass is 401 g/mol. The highest BCUT2D eigenvalue weighted by molar-refractivity contribution is 7.89. The third kappa shape index (κ3) is 4.72. The van der Waals surface area contributed by atoms with Crippen LogP contribution < -0.4 is 10.0 Å². The molecule has 2 N–H and O–H groups in total. The third-order valence-electron chi connectivity index (χ3n) is 4.95. The number of hydrogen-bond donors (Lipinski definition) is 2. The molecule has 1 aliphatic rings. The van der Waals surface area contributed by atoms with Crippen LogP contribution in [0.15, 0.2) is 53.4 Å². The molecule has 0 spiro atoms. The predicted octanol–water partition coefficient (Wildman–Crippen LogP) is 3.20. The molecule has 1 heterocycles. The van der Waals surface area contributed by atoms with Crippen molar-refractivity contribution in [3.05, 3.63) is 65.2 Å². The van der Waals surface area contributed by atoms with Crippen LogP contribution in [0.4, 0.5) is 4.79 Å². The standard InChI is InChI=1S/C21H27N3O3S/c1-3-12-22-21(25)24-13-11-18-9-10-20(14-19(18)15-24)28(26,27)23-16(2)17-7-5-4-6-8-17/h4-10,14,16,23H,3,11-13,15H2,1-2H3,(H,22,25). The summed E-state index contributed by atoms with van der Waals surface area (Å²) in [5.74, 6) is 0. The van der Waals surface area contributed by atoms with Gasteiger partial charge >= 0.3 is 6.03 Å². The van der Waals surface area contributed by atoms with Gasteiger partial charge in [0.1, 0.15) is 0 Å². The first kappa shape index (κ1) is 20.4. The molecule has 0 fully saturated rings. The van der Waals surface area contributed by atoms with E-state index in [4.69, 9.17) is 0 Å². The molecule has 0 radical (unpaired) electrons. The molecule has 0 saturated heterocycles. The number of urea groups is 1. The van der Waals surface area contributed by atoms with E-state index in [1.165, 1.54) is 0 Å². The highest BCUT2D eigenvalue weighted by atomic mass is 32.2. The van der Waals surface area contributed by atoms with Crippen molar-refractivity contribution in [2.24, 2.45) is 0 Å². The molecule has 0 bridgehead atoms. The van der Waals surface area contributed by atoms with Gasteiger partial charge in [-0.1, -0.05) is 43.3 Å². The summed E-state index contributed by atoms with van der Waals surface area (Å²) in [6, 6.07) is 14.2. The molecule has 6 nitrogen and oxygen atoms in total. The van der Waals surface area contributed by atoms with Crippen LogP contribution in [0.2, 0.25) is 0 Å². The summed E-state index contributed by atoms with van der Waals surface area (Å²) < 4.78 is 28.4. The van der Waals surface area contributed by atoms with Crippen LogP contribution in [0.1, 0.15) is 43.0 Å². The summed E-state index contributed by atoms with van der Waals surface area (Å²) >= 11 is 0. The number of sulfonamides is 1. The fourth-order valence-corrected chi connectivity index (χ4v) is 4.61. The lowest BCUT2D eigenvalue weighted by Gasteiger charge is -2.29. The number of carbonyl (C=O) groups excluding carboxylic acids is 1. The molecule has 2 amide bonds. The van der Waals surface area contributed by atoms with Crippen LogP contribution in [-0.2, 0) is 23.0 Å². The van der Waals surface area contributed by atoms with Gasteiger partial charge in [-0.3, -0.25) is 0 Å². The quantitative estimate of drug-likeness (QED) is 0.780. The highest BCUT2D eigenvalue weighted by Gasteiger charge is 2.24. The SMILES string of the molecule is CCCNC(=O)N1CCc2ccc(S(=O)(=O)NC(C)c3ccccc3)cc2C1. The second-order valence-corrected chi connectivity index (χ2v) is 8.80. The minimum absolute atomic E-state index is 0.100. The van der Waals surface area contributed by atoms with Crippen molar-refractivity contribution in [1.82, 2.24) is 14.9 Å². The normalized spacial score (nSPS) is 15.0. The van der Waals surface area contributed by atoms with E-state index in [9.17, 15) is 13.2 Å². The number of amides is 2. The Balaban J connectivity index is 1.76. The van der Waals surface area contributed by atoms with Crippen molar-refractivity contribution in [3.63, 3.8) is 0 Å². The minimum Gasteiger partial charge on any atom is -0.338 e. The van der Waals surface area contributed by atoms with Gasteiger partial charge in [-0.05, 0) is 48.6 Å². The lowest BCUT2D eigenvalue weighted by molar-refractivity contribution is 0.192. The summed E-state index contributed by atoms with van der Waals surface area (Å²) in [6.45, 7) is 5.52. The molecular formula is C21H27N3O3S. The Morgan fingerprint density at radius 3 is 2.61 bits per heavy atom. The van der Waals surface area contributed by atoms with E-state index >= 15 is 0 Å². The Hall–Kier alpha value is -2.38. The van der Waals surface area contributed by atoms with Gasteiger partial charge in [0.2, 0.25) is 10.0 Å². The van der Waals surface area contributed by atoms with Crippen molar-refractivity contribution >= 4 is 16.1 Å². The Labute approximate surface area is 167 Å². The van der Waals surface area contributed by atoms with Crippen LogP contribution >= 0.6 is 0 Å². The molecule has 150 valence electrons. The zero-order valence-electron chi connectivity index (χ0n) is 16.3. The van der Waals surface area contributed by atoms with E-state index in [1.54, 1.807) is 17.0 Å². The summed E-state index contributed by atoms with van der Waals surface area (Å²) in [4.78, 5) is 14.2. The van der Waals surface area contributed by atoms with E-state index in [1.807, 2.05) is 50.2 Å². The number of nitrogens with zero attached hydrogens (tertiary/aromatic N) is 1. The van der Waals surface area contributed by atoms with E-state index in [-0.39, 0.29) is 17.0 Å². The molecule has 2 aromatic rings. The maximum Gasteiger partial charge on any atom is 0.317 e. The number of nitrogens with one attached hydrogen (secondary N) is 2. The van der Waals surface area contributed by atoms with Gasteiger partial charge in [0.05, 0.1) is 4.90 Å². The Kier molecular flexibility index (Phi) is 6.36. The zero-order chi connectivity index (χ0) is 20.1. The van der Waals surface area contributed by atoms with E-state index in [0.717, 1.165) is 29.5 Å². The summed E-state index contributed by atoms with van der Waals surface area (Å²) in [7, 11) is -3.66. The van der Waals surface area contributed by atoms with Crippen LogP contribution in [-0.4, -0.2) is 32.4 Å². The molecule has 0 saturated carbocycles. The molecule has 28 heavy (non-hydrogen) atoms. The van der Waals surface area contributed by atoms with Gasteiger partial charge in [0.15, 0.2) is 0 Å². The smallest absolute Gasteiger partial charge is 0.317 e. The van der Waals surface area contributed by atoms with Crippen molar-refractivity contribution in [1.29, 1.82) is 0 Å². The highest BCUT2D eigenvalue weighted by Crippen LogP contribution is 2.24. The molecule has 7 heteroatoms. The topological polar surface area (TPSA) is 78.5 Å². The number of benzene rings is 2. The van der Waals surface area contributed by atoms with Gasteiger partial charge in [-0.2, -0.15) is 0 Å². The zero-order valence-corrected chi connectivity index (χ0v) is 17.1. The Morgan fingerprint density at radius 2 is 1.89 bits per heavy atom. The molecule has 3 rings (SSSR count). The summed E-state index contributed by atoms with van der Waals surface area (Å²) in [5.41, 5.74) is 2.88. The second kappa shape index (κ2) is 8.75. The van der Waals surface area contributed by atoms with Crippen molar-refractivity contribution in [2.45, 2.75) is 44.2 Å². The Bertz CT molecular complexity index is 929.